The predicted octanol–water partition coefficient (Wildman–Crippen LogP) is 5.02. The first-order valence-corrected chi connectivity index (χ1v) is 14.4. The zero-order valence-electron chi connectivity index (χ0n) is 24.3. The van der Waals surface area contributed by atoms with E-state index in [1.165, 1.54) is 60.5 Å². The summed E-state index contributed by atoms with van der Waals surface area (Å²) in [6, 6.07) is 13.0. The molecule has 3 aromatic rings. The number of carbonyl (C=O) groups excluding carboxylic acids is 3. The Hall–Kier alpha value is -4.61. The zero-order valence-corrected chi connectivity index (χ0v) is 24.3. The average Bonchev–Trinajstić information content (AvgIpc) is 3.74. The van der Waals surface area contributed by atoms with Crippen LogP contribution in [0.15, 0.2) is 60.8 Å². The number of hydrogen-bond donors (Lipinski definition) is 1. The lowest BCUT2D eigenvalue weighted by atomic mass is 9.96. The Bertz CT molecular complexity index is 1500. The van der Waals surface area contributed by atoms with Crippen LogP contribution in [0, 0.1) is 11.7 Å². The SMILES string of the molecule is CC(=O)N1CC(c2ccc(OC(F)F)c(OCC3CC3)c2)C[C@@H]1CNC(=O)c1ccc(C(=O)N(C)c2ccc(F)cc2)cn1. The summed E-state index contributed by atoms with van der Waals surface area (Å²) in [5, 5.41) is 2.83. The number of rotatable bonds is 11. The maximum absolute atomic E-state index is 13.2. The van der Waals surface area contributed by atoms with Gasteiger partial charge in [-0.1, -0.05) is 6.07 Å². The Balaban J connectivity index is 1.21. The lowest BCUT2D eigenvalue weighted by Gasteiger charge is -2.23. The molecule has 2 aliphatic rings. The summed E-state index contributed by atoms with van der Waals surface area (Å²) >= 11 is 0. The second-order valence-electron chi connectivity index (χ2n) is 11.1. The maximum atomic E-state index is 13.2. The largest absolute Gasteiger partial charge is 0.489 e. The molecule has 1 N–H and O–H groups in total. The molecule has 2 fully saturated rings. The van der Waals surface area contributed by atoms with Gasteiger partial charge in [0.15, 0.2) is 11.5 Å². The predicted molar refractivity (Wildman–Crippen MR) is 156 cm³/mol. The first kappa shape index (κ1) is 30.8. The Morgan fingerprint density at radius 2 is 1.82 bits per heavy atom. The van der Waals surface area contributed by atoms with Crippen molar-refractivity contribution in [2.45, 2.75) is 44.8 Å². The number of halogens is 3. The van der Waals surface area contributed by atoms with Crippen LogP contribution in [0.1, 0.15) is 58.5 Å². The van der Waals surface area contributed by atoms with Gasteiger partial charge in [-0.15, -0.1) is 0 Å². The number of carbonyl (C=O) groups is 3. The summed E-state index contributed by atoms with van der Waals surface area (Å²) in [5.74, 6) is -0.876. The third kappa shape index (κ3) is 7.47. The van der Waals surface area contributed by atoms with Crippen molar-refractivity contribution in [3.8, 4) is 11.5 Å². The molecular formula is C32H33F3N4O5. The van der Waals surface area contributed by atoms with Crippen LogP contribution in [0.5, 0.6) is 11.5 Å². The van der Waals surface area contributed by atoms with Crippen molar-refractivity contribution < 1.29 is 37.0 Å². The van der Waals surface area contributed by atoms with Crippen molar-refractivity contribution in [3.05, 3.63) is 83.4 Å². The van der Waals surface area contributed by atoms with E-state index in [-0.39, 0.29) is 53.1 Å². The number of alkyl halides is 2. The standard InChI is InChI=1S/C32H33F3N4O5/c1-19(40)39-17-23(21-6-12-28(44-32(34)35)29(14-21)43-18-20-3-4-20)13-26(39)16-37-30(41)27-11-5-22(15-36-27)31(42)38(2)25-9-7-24(33)8-10-25/h5-12,14-15,20,23,26,32H,3-4,13,16-18H2,1-2H3,(H,37,41)/t23?,26-/m1/s1. The fourth-order valence-electron chi connectivity index (χ4n) is 5.25. The van der Waals surface area contributed by atoms with Gasteiger partial charge in [0.2, 0.25) is 5.91 Å². The van der Waals surface area contributed by atoms with Crippen LogP contribution in [-0.4, -0.2) is 67.0 Å². The first-order chi connectivity index (χ1) is 21.1. The fourth-order valence-corrected chi connectivity index (χ4v) is 5.25. The van der Waals surface area contributed by atoms with Crippen molar-refractivity contribution in [2.75, 3.05) is 31.6 Å². The molecule has 2 aromatic carbocycles. The van der Waals surface area contributed by atoms with Gasteiger partial charge in [-0.2, -0.15) is 8.78 Å². The number of nitrogens with zero attached hydrogens (tertiary/aromatic N) is 3. The molecule has 1 aromatic heterocycles. The van der Waals surface area contributed by atoms with Gasteiger partial charge in [0, 0.05) is 50.9 Å². The van der Waals surface area contributed by atoms with Gasteiger partial charge < -0.3 is 24.6 Å². The molecule has 1 saturated heterocycles. The Kier molecular flexibility index (Phi) is 9.36. The van der Waals surface area contributed by atoms with Crippen LogP contribution in [-0.2, 0) is 4.79 Å². The Morgan fingerprint density at radius 3 is 2.45 bits per heavy atom. The molecule has 2 atom stereocenters. The highest BCUT2D eigenvalue weighted by molar-refractivity contribution is 6.05. The van der Waals surface area contributed by atoms with E-state index in [4.69, 9.17) is 4.74 Å². The lowest BCUT2D eigenvalue weighted by Crippen LogP contribution is -2.42. The minimum Gasteiger partial charge on any atom is -0.489 e. The first-order valence-electron chi connectivity index (χ1n) is 14.4. The van der Waals surface area contributed by atoms with Crippen molar-refractivity contribution in [1.82, 2.24) is 15.2 Å². The average molecular weight is 611 g/mol. The van der Waals surface area contributed by atoms with E-state index < -0.39 is 18.3 Å². The Labute approximate surface area is 253 Å². The molecule has 232 valence electrons. The van der Waals surface area contributed by atoms with Crippen molar-refractivity contribution in [3.63, 3.8) is 0 Å². The molecule has 1 aliphatic carbocycles. The summed E-state index contributed by atoms with van der Waals surface area (Å²) in [5.41, 5.74) is 1.68. The van der Waals surface area contributed by atoms with E-state index in [0.717, 1.165) is 18.4 Å². The van der Waals surface area contributed by atoms with E-state index in [2.05, 4.69) is 15.0 Å². The molecule has 1 aliphatic heterocycles. The van der Waals surface area contributed by atoms with Crippen LogP contribution < -0.4 is 19.7 Å². The highest BCUT2D eigenvalue weighted by atomic mass is 19.3. The second kappa shape index (κ2) is 13.4. The number of hydrogen-bond acceptors (Lipinski definition) is 6. The third-order valence-corrected chi connectivity index (χ3v) is 7.91. The number of likely N-dealkylation sites (tertiary alicyclic amines) is 1. The summed E-state index contributed by atoms with van der Waals surface area (Å²) in [7, 11) is 1.55. The molecule has 44 heavy (non-hydrogen) atoms. The van der Waals surface area contributed by atoms with Gasteiger partial charge in [-0.3, -0.25) is 19.4 Å². The number of pyridine rings is 1. The van der Waals surface area contributed by atoms with E-state index in [0.29, 0.717) is 31.2 Å². The highest BCUT2D eigenvalue weighted by Gasteiger charge is 2.35. The van der Waals surface area contributed by atoms with Gasteiger partial charge >= 0.3 is 6.61 Å². The maximum Gasteiger partial charge on any atom is 0.387 e. The molecule has 12 heteroatoms. The molecule has 0 radical (unpaired) electrons. The van der Waals surface area contributed by atoms with Crippen LogP contribution in [0.25, 0.3) is 0 Å². The van der Waals surface area contributed by atoms with E-state index >= 15 is 0 Å². The zero-order chi connectivity index (χ0) is 31.4. The summed E-state index contributed by atoms with van der Waals surface area (Å²) < 4.78 is 49.6. The minimum atomic E-state index is -2.98. The number of nitrogens with one attached hydrogen (secondary N) is 1. The second-order valence-corrected chi connectivity index (χ2v) is 11.1. The number of aromatic nitrogens is 1. The van der Waals surface area contributed by atoms with Crippen molar-refractivity contribution in [2.24, 2.45) is 5.92 Å². The summed E-state index contributed by atoms with van der Waals surface area (Å²) in [4.78, 5) is 45.4. The van der Waals surface area contributed by atoms with Gasteiger partial charge in [-0.05, 0) is 79.3 Å². The number of amides is 3. The topological polar surface area (TPSA) is 101 Å². The molecular weight excluding hydrogens is 577 g/mol. The van der Waals surface area contributed by atoms with Crippen molar-refractivity contribution in [1.29, 1.82) is 0 Å². The van der Waals surface area contributed by atoms with Crippen LogP contribution in [0.4, 0.5) is 18.9 Å². The third-order valence-electron chi connectivity index (χ3n) is 7.91. The molecule has 9 nitrogen and oxygen atoms in total. The van der Waals surface area contributed by atoms with Gasteiger partial charge in [0.05, 0.1) is 12.2 Å². The van der Waals surface area contributed by atoms with E-state index in [1.807, 2.05) is 0 Å². The summed E-state index contributed by atoms with van der Waals surface area (Å²) in [6.07, 6.45) is 3.92. The molecule has 0 bridgehead atoms. The lowest BCUT2D eigenvalue weighted by molar-refractivity contribution is -0.129. The highest BCUT2D eigenvalue weighted by Crippen LogP contribution is 2.38. The van der Waals surface area contributed by atoms with Crippen LogP contribution >= 0.6 is 0 Å². The normalized spacial score (nSPS) is 17.8. The molecule has 1 saturated carbocycles. The number of ether oxygens (including phenoxy) is 2. The molecule has 0 spiro atoms. The summed E-state index contributed by atoms with van der Waals surface area (Å²) in [6.45, 7) is -0.533. The smallest absolute Gasteiger partial charge is 0.387 e. The van der Waals surface area contributed by atoms with Gasteiger partial charge in [0.1, 0.15) is 11.5 Å². The molecule has 5 rings (SSSR count). The van der Waals surface area contributed by atoms with Crippen molar-refractivity contribution >= 4 is 23.4 Å². The molecule has 1 unspecified atom stereocenters. The van der Waals surface area contributed by atoms with Crippen LogP contribution in [0.3, 0.4) is 0 Å². The molecule has 2 heterocycles. The number of benzene rings is 2. The monoisotopic (exact) mass is 610 g/mol. The Morgan fingerprint density at radius 1 is 1.07 bits per heavy atom. The van der Waals surface area contributed by atoms with E-state index in [9.17, 15) is 27.6 Å². The van der Waals surface area contributed by atoms with Crippen LogP contribution in [0.2, 0.25) is 0 Å². The van der Waals surface area contributed by atoms with Gasteiger partial charge in [0.25, 0.3) is 11.8 Å². The number of anilines is 1. The van der Waals surface area contributed by atoms with Gasteiger partial charge in [-0.25, -0.2) is 4.39 Å². The minimum absolute atomic E-state index is 0.0306. The fraction of sp³-hybridized carbons (Fsp3) is 0.375. The quantitative estimate of drug-likeness (QED) is 0.327. The molecule has 3 amide bonds. The van der Waals surface area contributed by atoms with E-state index in [1.54, 1.807) is 24.1 Å².